The van der Waals surface area contributed by atoms with Crippen LogP contribution in [0, 0.1) is 5.41 Å². The van der Waals surface area contributed by atoms with Gasteiger partial charge < -0.3 is 9.30 Å². The second-order valence-electron chi connectivity index (χ2n) is 5.97. The molecule has 0 aliphatic heterocycles. The third-order valence-electron chi connectivity index (χ3n) is 3.33. The fraction of sp³-hybridized carbons (Fsp3) is 0.769. The van der Waals surface area contributed by atoms with Crippen molar-refractivity contribution < 1.29 is 9.53 Å². The van der Waals surface area contributed by atoms with Gasteiger partial charge in [-0.1, -0.05) is 6.42 Å². The van der Waals surface area contributed by atoms with E-state index in [-0.39, 0.29) is 11.9 Å². The van der Waals surface area contributed by atoms with Crippen molar-refractivity contribution in [3.63, 3.8) is 0 Å². The molecule has 0 amide bonds. The highest BCUT2D eigenvalue weighted by Gasteiger charge is 2.26. The quantitative estimate of drug-likeness (QED) is 0.483. The van der Waals surface area contributed by atoms with Crippen molar-refractivity contribution in [2.45, 2.75) is 51.1 Å². The third-order valence-corrected chi connectivity index (χ3v) is 4.18. The molecule has 0 aromatic carbocycles. The molecule has 0 N–H and O–H groups in total. The first kappa shape index (κ1) is 14.4. The number of aromatic nitrogens is 3. The van der Waals surface area contributed by atoms with Gasteiger partial charge in [-0.3, -0.25) is 4.79 Å². The van der Waals surface area contributed by atoms with E-state index in [9.17, 15) is 4.79 Å². The Bertz CT molecular complexity index is 461. The first-order chi connectivity index (χ1) is 8.89. The van der Waals surface area contributed by atoms with Crippen molar-refractivity contribution in [2.75, 3.05) is 5.94 Å². The lowest BCUT2D eigenvalue weighted by Gasteiger charge is -2.24. The third kappa shape index (κ3) is 3.29. The van der Waals surface area contributed by atoms with Gasteiger partial charge in [-0.25, -0.2) is 0 Å². The van der Waals surface area contributed by atoms with Crippen LogP contribution < -0.4 is 0 Å². The molecule has 0 atom stereocenters. The summed E-state index contributed by atoms with van der Waals surface area (Å²) >= 11 is 1.41. The molecule has 1 aliphatic rings. The molecule has 106 valence electrons. The number of carbonyl (C=O) groups excluding carboxylic acids is 1. The number of hydrogen-bond donors (Lipinski definition) is 0. The Kier molecular flexibility index (Phi) is 4.18. The maximum absolute atomic E-state index is 11.6. The molecule has 19 heavy (non-hydrogen) atoms. The molecule has 0 spiro atoms. The van der Waals surface area contributed by atoms with E-state index >= 15 is 0 Å². The molecule has 0 bridgehead atoms. The summed E-state index contributed by atoms with van der Waals surface area (Å²) in [5.74, 6) is 1.70. The van der Waals surface area contributed by atoms with Crippen LogP contribution in [-0.2, 0) is 16.6 Å². The van der Waals surface area contributed by atoms with Crippen molar-refractivity contribution in [3.8, 4) is 0 Å². The average molecular weight is 283 g/mol. The number of thioether (sulfide) groups is 1. The van der Waals surface area contributed by atoms with Crippen molar-refractivity contribution in [3.05, 3.63) is 5.82 Å². The molecule has 0 saturated heterocycles. The zero-order chi connectivity index (χ0) is 14.0. The molecule has 6 heteroatoms. The predicted octanol–water partition coefficient (Wildman–Crippen LogP) is 2.72. The van der Waals surface area contributed by atoms with Gasteiger partial charge in [-0.15, -0.1) is 10.2 Å². The molecular weight excluding hydrogens is 262 g/mol. The van der Waals surface area contributed by atoms with Crippen LogP contribution in [-0.4, -0.2) is 26.7 Å². The number of carbonyl (C=O) groups is 1. The number of ether oxygens (including phenoxy) is 1. The van der Waals surface area contributed by atoms with E-state index in [2.05, 4.69) is 10.2 Å². The number of nitrogens with zero attached hydrogens (tertiary/aromatic N) is 3. The lowest BCUT2D eigenvalue weighted by Crippen LogP contribution is -2.22. The Hall–Kier alpha value is -1.04. The maximum Gasteiger partial charge on any atom is 0.312 e. The average Bonchev–Trinajstić information content (AvgIpc) is 2.58. The van der Waals surface area contributed by atoms with E-state index in [0.29, 0.717) is 5.92 Å². The number of esters is 1. The van der Waals surface area contributed by atoms with Crippen LogP contribution in [0.15, 0.2) is 5.16 Å². The van der Waals surface area contributed by atoms with Gasteiger partial charge in [-0.05, 0) is 45.4 Å². The second-order valence-corrected chi connectivity index (χ2v) is 6.86. The fourth-order valence-corrected chi connectivity index (χ4v) is 2.48. The second kappa shape index (κ2) is 5.53. The maximum atomic E-state index is 11.6. The molecule has 1 aliphatic carbocycles. The Morgan fingerprint density at radius 2 is 2.11 bits per heavy atom. The first-order valence-electron chi connectivity index (χ1n) is 6.59. The minimum Gasteiger partial charge on any atom is -0.454 e. The zero-order valence-electron chi connectivity index (χ0n) is 12.0. The summed E-state index contributed by atoms with van der Waals surface area (Å²) in [7, 11) is 1.97. The summed E-state index contributed by atoms with van der Waals surface area (Å²) in [4.78, 5) is 11.6. The Morgan fingerprint density at radius 3 is 2.63 bits per heavy atom. The van der Waals surface area contributed by atoms with E-state index in [1.165, 1.54) is 31.0 Å². The Morgan fingerprint density at radius 1 is 1.42 bits per heavy atom. The highest BCUT2D eigenvalue weighted by molar-refractivity contribution is 7.99. The molecule has 1 heterocycles. The molecule has 0 unspecified atom stereocenters. The van der Waals surface area contributed by atoms with Gasteiger partial charge in [0.1, 0.15) is 11.8 Å². The topological polar surface area (TPSA) is 57.0 Å². The number of hydrogen-bond acceptors (Lipinski definition) is 5. The van der Waals surface area contributed by atoms with Crippen molar-refractivity contribution >= 4 is 17.7 Å². The summed E-state index contributed by atoms with van der Waals surface area (Å²) in [6.07, 6.45) is 3.69. The van der Waals surface area contributed by atoms with Crippen molar-refractivity contribution in [1.82, 2.24) is 14.8 Å². The van der Waals surface area contributed by atoms with Gasteiger partial charge in [0, 0.05) is 13.0 Å². The van der Waals surface area contributed by atoms with E-state index in [1.807, 2.05) is 32.4 Å². The molecule has 1 aromatic heterocycles. The highest BCUT2D eigenvalue weighted by Crippen LogP contribution is 2.36. The zero-order valence-corrected chi connectivity index (χ0v) is 12.8. The van der Waals surface area contributed by atoms with Crippen LogP contribution in [0.4, 0.5) is 0 Å². The molecule has 5 nitrogen and oxygen atoms in total. The molecule has 0 radical (unpaired) electrons. The van der Waals surface area contributed by atoms with Crippen LogP contribution in [0.1, 0.15) is 51.8 Å². The molecular formula is C13H21N3O2S. The molecule has 1 aromatic rings. The minimum atomic E-state index is -0.461. The van der Waals surface area contributed by atoms with Gasteiger partial charge in [0.2, 0.25) is 0 Å². The van der Waals surface area contributed by atoms with Crippen LogP contribution in [0.3, 0.4) is 0 Å². The van der Waals surface area contributed by atoms with E-state index in [4.69, 9.17) is 4.74 Å². The standard InChI is InChI=1S/C13H21N3O2S/c1-13(2,3)11(17)18-8-19-12-15-14-10(16(12)4)9-6-5-7-9/h9H,5-8H2,1-4H3. The smallest absolute Gasteiger partial charge is 0.312 e. The van der Waals surface area contributed by atoms with Gasteiger partial charge >= 0.3 is 5.97 Å². The summed E-state index contributed by atoms with van der Waals surface area (Å²) in [6.45, 7) is 5.53. The first-order valence-corrected chi connectivity index (χ1v) is 7.57. The van der Waals surface area contributed by atoms with Crippen LogP contribution >= 0.6 is 11.8 Å². The number of rotatable bonds is 4. The summed E-state index contributed by atoms with van der Waals surface area (Å²) in [6, 6.07) is 0. The van der Waals surface area contributed by atoms with Gasteiger partial charge in [-0.2, -0.15) is 0 Å². The SMILES string of the molecule is Cn1c(SCOC(=O)C(C)(C)C)nnc1C1CCC1. The van der Waals surface area contributed by atoms with Crippen LogP contribution in [0.2, 0.25) is 0 Å². The predicted molar refractivity (Wildman–Crippen MR) is 73.9 cm³/mol. The molecule has 1 fully saturated rings. The normalized spacial score (nSPS) is 16.2. The Balaban J connectivity index is 1.86. The fourth-order valence-electron chi connectivity index (χ4n) is 1.83. The highest BCUT2D eigenvalue weighted by atomic mass is 32.2. The van der Waals surface area contributed by atoms with Gasteiger partial charge in [0.05, 0.1) is 5.41 Å². The van der Waals surface area contributed by atoms with E-state index in [0.717, 1.165) is 11.0 Å². The Labute approximate surface area is 118 Å². The monoisotopic (exact) mass is 283 g/mol. The summed E-state index contributed by atoms with van der Waals surface area (Å²) < 4.78 is 7.23. The van der Waals surface area contributed by atoms with Gasteiger partial charge in [0.25, 0.3) is 0 Å². The van der Waals surface area contributed by atoms with E-state index in [1.54, 1.807) is 0 Å². The van der Waals surface area contributed by atoms with Gasteiger partial charge in [0.15, 0.2) is 5.16 Å². The summed E-state index contributed by atoms with van der Waals surface area (Å²) in [5, 5.41) is 9.21. The summed E-state index contributed by atoms with van der Waals surface area (Å²) in [5.41, 5.74) is -0.461. The van der Waals surface area contributed by atoms with Crippen molar-refractivity contribution in [1.29, 1.82) is 0 Å². The lowest BCUT2D eigenvalue weighted by molar-refractivity contribution is -0.150. The largest absolute Gasteiger partial charge is 0.454 e. The lowest BCUT2D eigenvalue weighted by atomic mass is 9.85. The molecule has 1 saturated carbocycles. The van der Waals surface area contributed by atoms with Crippen LogP contribution in [0.25, 0.3) is 0 Å². The van der Waals surface area contributed by atoms with Crippen molar-refractivity contribution in [2.24, 2.45) is 12.5 Å². The molecule has 2 rings (SSSR count). The van der Waals surface area contributed by atoms with Crippen LogP contribution in [0.5, 0.6) is 0 Å². The van der Waals surface area contributed by atoms with E-state index < -0.39 is 5.41 Å². The minimum absolute atomic E-state index is 0.193.